The van der Waals surface area contributed by atoms with E-state index in [4.69, 9.17) is 14.6 Å². The van der Waals surface area contributed by atoms with Crippen molar-refractivity contribution in [3.63, 3.8) is 0 Å². The smallest absolute Gasteiger partial charge is 0.305 e. The molecule has 2 rings (SSSR count). The standard InChI is InChI=1S/C16H21NO5/c1-21-12-6-2-3-7-13(12)22-11-14(18)17-16(10-15(19)20)8-4-5-9-16/h2-3,6-7H,4-5,8-11H2,1H3,(H,17,18)(H,19,20). The highest BCUT2D eigenvalue weighted by molar-refractivity contribution is 5.79. The molecular formula is C16H21NO5. The maximum Gasteiger partial charge on any atom is 0.305 e. The zero-order valence-corrected chi connectivity index (χ0v) is 12.6. The number of nitrogens with one attached hydrogen (secondary N) is 1. The van der Waals surface area contributed by atoms with Gasteiger partial charge in [-0.1, -0.05) is 25.0 Å². The molecule has 0 heterocycles. The molecule has 6 nitrogen and oxygen atoms in total. The summed E-state index contributed by atoms with van der Waals surface area (Å²) in [5.74, 6) is -0.169. The molecule has 1 saturated carbocycles. The van der Waals surface area contributed by atoms with Gasteiger partial charge < -0.3 is 19.9 Å². The predicted molar refractivity (Wildman–Crippen MR) is 80.1 cm³/mol. The van der Waals surface area contributed by atoms with Gasteiger partial charge >= 0.3 is 5.97 Å². The number of para-hydroxylation sites is 2. The van der Waals surface area contributed by atoms with E-state index in [-0.39, 0.29) is 18.9 Å². The number of carbonyl (C=O) groups is 2. The van der Waals surface area contributed by atoms with Gasteiger partial charge in [-0.05, 0) is 25.0 Å². The summed E-state index contributed by atoms with van der Waals surface area (Å²) < 4.78 is 10.6. The summed E-state index contributed by atoms with van der Waals surface area (Å²) in [6.45, 7) is -0.165. The number of amides is 1. The number of hydrogen-bond donors (Lipinski definition) is 2. The van der Waals surface area contributed by atoms with Crippen LogP contribution in [0.3, 0.4) is 0 Å². The molecule has 22 heavy (non-hydrogen) atoms. The van der Waals surface area contributed by atoms with Crippen LogP contribution in [0.15, 0.2) is 24.3 Å². The molecule has 0 unspecified atom stereocenters. The van der Waals surface area contributed by atoms with Crippen molar-refractivity contribution in [3.05, 3.63) is 24.3 Å². The molecule has 0 saturated heterocycles. The van der Waals surface area contributed by atoms with E-state index < -0.39 is 11.5 Å². The van der Waals surface area contributed by atoms with Gasteiger partial charge in [0.05, 0.1) is 19.1 Å². The molecular weight excluding hydrogens is 286 g/mol. The number of aliphatic carboxylic acids is 1. The van der Waals surface area contributed by atoms with Crippen molar-refractivity contribution in [2.75, 3.05) is 13.7 Å². The van der Waals surface area contributed by atoms with Crippen LogP contribution in [0.4, 0.5) is 0 Å². The second-order valence-corrected chi connectivity index (χ2v) is 5.55. The van der Waals surface area contributed by atoms with Crippen LogP contribution >= 0.6 is 0 Å². The van der Waals surface area contributed by atoms with Crippen molar-refractivity contribution in [2.24, 2.45) is 0 Å². The van der Waals surface area contributed by atoms with Crippen LogP contribution in [0.25, 0.3) is 0 Å². The fourth-order valence-corrected chi connectivity index (χ4v) is 2.90. The summed E-state index contributed by atoms with van der Waals surface area (Å²) in [5.41, 5.74) is -0.632. The van der Waals surface area contributed by atoms with E-state index in [0.717, 1.165) is 12.8 Å². The lowest BCUT2D eigenvalue weighted by atomic mass is 9.93. The minimum absolute atomic E-state index is 0.0482. The van der Waals surface area contributed by atoms with E-state index in [0.29, 0.717) is 24.3 Å². The molecule has 1 aromatic carbocycles. The predicted octanol–water partition coefficient (Wildman–Crippen LogP) is 1.98. The van der Waals surface area contributed by atoms with Crippen LogP contribution in [0.5, 0.6) is 11.5 Å². The highest BCUT2D eigenvalue weighted by Gasteiger charge is 2.37. The van der Waals surface area contributed by atoms with Gasteiger partial charge in [0.2, 0.25) is 0 Å². The van der Waals surface area contributed by atoms with Crippen LogP contribution in [0, 0.1) is 0 Å². The summed E-state index contributed by atoms with van der Waals surface area (Å²) in [5, 5.41) is 11.9. The van der Waals surface area contributed by atoms with E-state index >= 15 is 0 Å². The monoisotopic (exact) mass is 307 g/mol. The van der Waals surface area contributed by atoms with Gasteiger partial charge in [-0.15, -0.1) is 0 Å². The Labute approximate surface area is 129 Å². The topological polar surface area (TPSA) is 84.9 Å². The molecule has 1 aliphatic rings. The average molecular weight is 307 g/mol. The Balaban J connectivity index is 1.93. The second kappa shape index (κ2) is 7.15. The summed E-state index contributed by atoms with van der Waals surface area (Å²) in [4.78, 5) is 23.1. The van der Waals surface area contributed by atoms with Gasteiger partial charge in [0.25, 0.3) is 5.91 Å². The summed E-state index contributed by atoms with van der Waals surface area (Å²) in [6.07, 6.45) is 3.20. The lowest BCUT2D eigenvalue weighted by Gasteiger charge is -2.28. The van der Waals surface area contributed by atoms with Crippen LogP contribution < -0.4 is 14.8 Å². The third-order valence-corrected chi connectivity index (χ3v) is 3.88. The van der Waals surface area contributed by atoms with Gasteiger partial charge in [0.15, 0.2) is 18.1 Å². The first-order chi connectivity index (χ1) is 10.5. The van der Waals surface area contributed by atoms with Gasteiger partial charge in [-0.2, -0.15) is 0 Å². The number of hydrogen-bond acceptors (Lipinski definition) is 4. The first kappa shape index (κ1) is 16.1. The van der Waals surface area contributed by atoms with Crippen molar-refractivity contribution < 1.29 is 24.2 Å². The van der Waals surface area contributed by atoms with Crippen LogP contribution in [0.2, 0.25) is 0 Å². The zero-order valence-electron chi connectivity index (χ0n) is 12.6. The van der Waals surface area contributed by atoms with E-state index in [9.17, 15) is 9.59 Å². The number of carbonyl (C=O) groups excluding carboxylic acids is 1. The lowest BCUT2D eigenvalue weighted by molar-refractivity contribution is -0.139. The van der Waals surface area contributed by atoms with E-state index in [2.05, 4.69) is 5.32 Å². The molecule has 6 heteroatoms. The molecule has 0 aliphatic heterocycles. The SMILES string of the molecule is COc1ccccc1OCC(=O)NC1(CC(=O)O)CCCC1. The van der Waals surface area contributed by atoms with Crippen molar-refractivity contribution >= 4 is 11.9 Å². The normalized spacial score (nSPS) is 16.0. The van der Waals surface area contributed by atoms with E-state index in [1.165, 1.54) is 7.11 Å². The maximum absolute atomic E-state index is 12.1. The number of benzene rings is 1. The number of methoxy groups -OCH3 is 1. The highest BCUT2D eigenvalue weighted by atomic mass is 16.5. The molecule has 120 valence electrons. The molecule has 0 spiro atoms. The van der Waals surface area contributed by atoms with Gasteiger partial charge in [0, 0.05) is 0 Å². The Morgan fingerprint density at radius 2 is 1.86 bits per heavy atom. The third-order valence-electron chi connectivity index (χ3n) is 3.88. The van der Waals surface area contributed by atoms with E-state index in [1.807, 2.05) is 6.07 Å². The Morgan fingerprint density at radius 1 is 1.23 bits per heavy atom. The number of carboxylic acid groups (broad SMARTS) is 1. The lowest BCUT2D eigenvalue weighted by Crippen LogP contribution is -2.49. The Morgan fingerprint density at radius 3 is 2.45 bits per heavy atom. The fourth-order valence-electron chi connectivity index (χ4n) is 2.90. The first-order valence-corrected chi connectivity index (χ1v) is 7.33. The maximum atomic E-state index is 12.1. The molecule has 1 aromatic rings. The summed E-state index contributed by atoms with van der Waals surface area (Å²) in [7, 11) is 1.53. The quantitative estimate of drug-likeness (QED) is 0.804. The van der Waals surface area contributed by atoms with Crippen molar-refractivity contribution in [3.8, 4) is 11.5 Å². The Hall–Kier alpha value is -2.24. The average Bonchev–Trinajstić information content (AvgIpc) is 2.92. The molecule has 0 radical (unpaired) electrons. The summed E-state index contributed by atoms with van der Waals surface area (Å²) >= 11 is 0. The second-order valence-electron chi connectivity index (χ2n) is 5.55. The van der Waals surface area contributed by atoms with Gasteiger partial charge in [0.1, 0.15) is 0 Å². The van der Waals surface area contributed by atoms with Crippen LogP contribution in [-0.2, 0) is 9.59 Å². The Kier molecular flexibility index (Phi) is 5.25. The molecule has 2 N–H and O–H groups in total. The first-order valence-electron chi connectivity index (χ1n) is 7.33. The molecule has 1 fully saturated rings. The number of ether oxygens (including phenoxy) is 2. The minimum Gasteiger partial charge on any atom is -0.493 e. The zero-order chi connectivity index (χ0) is 16.0. The molecule has 0 atom stereocenters. The van der Waals surface area contributed by atoms with Gasteiger partial charge in [-0.3, -0.25) is 9.59 Å². The minimum atomic E-state index is -0.896. The van der Waals surface area contributed by atoms with Crippen molar-refractivity contribution in [1.29, 1.82) is 0 Å². The largest absolute Gasteiger partial charge is 0.493 e. The fraction of sp³-hybridized carbons (Fsp3) is 0.500. The van der Waals surface area contributed by atoms with Crippen molar-refractivity contribution in [1.82, 2.24) is 5.32 Å². The molecule has 1 amide bonds. The van der Waals surface area contributed by atoms with Crippen LogP contribution in [0.1, 0.15) is 32.1 Å². The summed E-state index contributed by atoms with van der Waals surface area (Å²) in [6, 6.07) is 7.07. The van der Waals surface area contributed by atoms with Crippen LogP contribution in [-0.4, -0.2) is 36.2 Å². The van der Waals surface area contributed by atoms with E-state index in [1.54, 1.807) is 18.2 Å². The molecule has 1 aliphatic carbocycles. The van der Waals surface area contributed by atoms with Gasteiger partial charge in [-0.25, -0.2) is 0 Å². The third kappa shape index (κ3) is 4.13. The Bertz CT molecular complexity index is 537. The molecule has 0 bridgehead atoms. The number of carboxylic acids is 1. The molecule has 0 aromatic heterocycles. The highest BCUT2D eigenvalue weighted by Crippen LogP contribution is 2.32. The number of rotatable bonds is 7. The van der Waals surface area contributed by atoms with Crippen molar-refractivity contribution in [2.45, 2.75) is 37.6 Å².